The van der Waals surface area contributed by atoms with Crippen molar-refractivity contribution < 1.29 is 4.39 Å². The lowest BCUT2D eigenvalue weighted by molar-refractivity contribution is 0.479. The number of rotatable bonds is 6. The standard InChI is InChI=1S/C22H25FN2/c1-14(2)22(25-16(4)24-19-8-6-5-7-9-19)21-12-17-10-11-18(23)13-20(17)15(21)3/h5-11,13-14,22,24-25H,4,12H2,1-3H3. The predicted octanol–water partition coefficient (Wildman–Crippen LogP) is 5.35. The van der Waals surface area contributed by atoms with Crippen LogP contribution >= 0.6 is 0 Å². The van der Waals surface area contributed by atoms with E-state index < -0.39 is 0 Å². The maximum atomic E-state index is 13.6. The van der Waals surface area contributed by atoms with E-state index in [0.717, 1.165) is 23.5 Å². The summed E-state index contributed by atoms with van der Waals surface area (Å²) in [7, 11) is 0. The second kappa shape index (κ2) is 7.14. The molecule has 0 amide bonds. The Morgan fingerprint density at radius 3 is 2.52 bits per heavy atom. The summed E-state index contributed by atoms with van der Waals surface area (Å²) in [5, 5.41) is 6.84. The molecule has 25 heavy (non-hydrogen) atoms. The van der Waals surface area contributed by atoms with Gasteiger partial charge in [0.1, 0.15) is 5.82 Å². The molecule has 0 heterocycles. The van der Waals surface area contributed by atoms with Crippen molar-refractivity contribution in [2.75, 3.05) is 5.32 Å². The zero-order valence-electron chi connectivity index (χ0n) is 15.1. The molecular weight excluding hydrogens is 311 g/mol. The van der Waals surface area contributed by atoms with Crippen LogP contribution in [0.15, 0.2) is 66.5 Å². The zero-order valence-corrected chi connectivity index (χ0v) is 15.1. The number of para-hydroxylation sites is 1. The molecule has 2 nitrogen and oxygen atoms in total. The van der Waals surface area contributed by atoms with Crippen molar-refractivity contribution in [1.29, 1.82) is 0 Å². The molecule has 0 saturated heterocycles. The van der Waals surface area contributed by atoms with Crippen LogP contribution in [-0.2, 0) is 6.42 Å². The van der Waals surface area contributed by atoms with Gasteiger partial charge in [0, 0.05) is 5.69 Å². The fraction of sp³-hybridized carbons (Fsp3) is 0.273. The molecule has 0 radical (unpaired) electrons. The maximum absolute atomic E-state index is 13.6. The van der Waals surface area contributed by atoms with Gasteiger partial charge in [-0.15, -0.1) is 0 Å². The molecule has 130 valence electrons. The summed E-state index contributed by atoms with van der Waals surface area (Å²) in [6, 6.07) is 15.2. The second-order valence-electron chi connectivity index (χ2n) is 6.96. The Labute approximate surface area is 149 Å². The molecule has 1 aliphatic carbocycles. The van der Waals surface area contributed by atoms with Crippen LogP contribution in [0.1, 0.15) is 31.9 Å². The normalized spacial score (nSPS) is 14.4. The molecule has 3 rings (SSSR count). The van der Waals surface area contributed by atoms with E-state index in [0.29, 0.717) is 5.92 Å². The molecular formula is C22H25FN2. The Bertz CT molecular complexity index is 806. The third-order valence-electron chi connectivity index (χ3n) is 4.78. The SMILES string of the molecule is C=C(Nc1ccccc1)NC(C1=C(C)c2cc(F)ccc2C1)C(C)C. The van der Waals surface area contributed by atoms with Crippen molar-refractivity contribution in [2.45, 2.75) is 33.2 Å². The minimum Gasteiger partial charge on any atom is -0.365 e. The third kappa shape index (κ3) is 3.76. The highest BCUT2D eigenvalue weighted by Crippen LogP contribution is 2.36. The number of hydrogen-bond acceptors (Lipinski definition) is 2. The number of hydrogen-bond donors (Lipinski definition) is 2. The van der Waals surface area contributed by atoms with E-state index >= 15 is 0 Å². The molecule has 2 aromatic carbocycles. The molecule has 0 fully saturated rings. The minimum absolute atomic E-state index is 0.152. The molecule has 0 saturated carbocycles. The lowest BCUT2D eigenvalue weighted by Crippen LogP contribution is -2.37. The lowest BCUT2D eigenvalue weighted by Gasteiger charge is -2.27. The summed E-state index contributed by atoms with van der Waals surface area (Å²) >= 11 is 0. The largest absolute Gasteiger partial charge is 0.365 e. The van der Waals surface area contributed by atoms with Crippen molar-refractivity contribution in [3.05, 3.63) is 83.4 Å². The van der Waals surface area contributed by atoms with Gasteiger partial charge in [0.2, 0.25) is 0 Å². The third-order valence-corrected chi connectivity index (χ3v) is 4.78. The van der Waals surface area contributed by atoms with Crippen LogP contribution in [0.3, 0.4) is 0 Å². The Morgan fingerprint density at radius 1 is 1.12 bits per heavy atom. The van der Waals surface area contributed by atoms with E-state index in [-0.39, 0.29) is 11.9 Å². The smallest absolute Gasteiger partial charge is 0.123 e. The Kier molecular flexibility index (Phi) is 4.93. The van der Waals surface area contributed by atoms with Gasteiger partial charge in [-0.1, -0.05) is 44.7 Å². The van der Waals surface area contributed by atoms with Gasteiger partial charge >= 0.3 is 0 Å². The minimum atomic E-state index is -0.177. The molecule has 0 aliphatic heterocycles. The average Bonchev–Trinajstić information content (AvgIpc) is 2.90. The van der Waals surface area contributed by atoms with E-state index in [1.165, 1.54) is 16.7 Å². The van der Waals surface area contributed by atoms with Crippen molar-refractivity contribution in [3.8, 4) is 0 Å². The number of anilines is 1. The highest BCUT2D eigenvalue weighted by atomic mass is 19.1. The Balaban J connectivity index is 1.79. The maximum Gasteiger partial charge on any atom is 0.123 e. The van der Waals surface area contributed by atoms with Crippen LogP contribution in [0, 0.1) is 11.7 Å². The predicted molar refractivity (Wildman–Crippen MR) is 104 cm³/mol. The van der Waals surface area contributed by atoms with Gasteiger partial charge < -0.3 is 10.6 Å². The number of halogens is 1. The fourth-order valence-electron chi connectivity index (χ4n) is 3.48. The molecule has 1 unspecified atom stereocenters. The highest BCUT2D eigenvalue weighted by molar-refractivity contribution is 5.76. The van der Waals surface area contributed by atoms with Gasteiger partial charge in [-0.2, -0.15) is 0 Å². The molecule has 0 spiro atoms. The highest BCUT2D eigenvalue weighted by Gasteiger charge is 2.27. The topological polar surface area (TPSA) is 24.1 Å². The van der Waals surface area contributed by atoms with Crippen molar-refractivity contribution in [2.24, 2.45) is 5.92 Å². The molecule has 0 aromatic heterocycles. The van der Waals surface area contributed by atoms with E-state index in [9.17, 15) is 4.39 Å². The van der Waals surface area contributed by atoms with Crippen molar-refractivity contribution in [1.82, 2.24) is 5.32 Å². The monoisotopic (exact) mass is 336 g/mol. The fourth-order valence-corrected chi connectivity index (χ4v) is 3.48. The Hall–Kier alpha value is -2.55. The summed E-state index contributed by atoms with van der Waals surface area (Å²) in [6.07, 6.45) is 0.857. The number of nitrogens with one attached hydrogen (secondary N) is 2. The average molecular weight is 336 g/mol. The number of fused-ring (bicyclic) bond motifs is 1. The first-order valence-corrected chi connectivity index (χ1v) is 8.71. The van der Waals surface area contributed by atoms with Gasteiger partial charge in [-0.3, -0.25) is 0 Å². The first-order chi connectivity index (χ1) is 12.0. The molecule has 2 aromatic rings. The molecule has 0 bridgehead atoms. The van der Waals surface area contributed by atoms with Gasteiger partial charge in [0.25, 0.3) is 0 Å². The summed E-state index contributed by atoms with van der Waals surface area (Å²) in [5.74, 6) is 0.981. The van der Waals surface area contributed by atoms with Crippen LogP contribution in [-0.4, -0.2) is 6.04 Å². The molecule has 1 aliphatic rings. The summed E-state index contributed by atoms with van der Waals surface area (Å²) in [6.45, 7) is 10.6. The van der Waals surface area contributed by atoms with Crippen LogP contribution < -0.4 is 10.6 Å². The van der Waals surface area contributed by atoms with E-state index in [1.54, 1.807) is 12.1 Å². The van der Waals surface area contributed by atoms with Gasteiger partial charge in [-0.05, 0) is 65.8 Å². The van der Waals surface area contributed by atoms with Crippen LogP contribution in [0.2, 0.25) is 0 Å². The molecule has 1 atom stereocenters. The second-order valence-corrected chi connectivity index (χ2v) is 6.96. The van der Waals surface area contributed by atoms with E-state index in [2.05, 4.69) is 38.0 Å². The quantitative estimate of drug-likeness (QED) is 0.743. The van der Waals surface area contributed by atoms with Crippen molar-refractivity contribution >= 4 is 11.3 Å². The van der Waals surface area contributed by atoms with Gasteiger partial charge in [0.05, 0.1) is 11.9 Å². The zero-order chi connectivity index (χ0) is 18.0. The first-order valence-electron chi connectivity index (χ1n) is 8.71. The van der Waals surface area contributed by atoms with Crippen LogP contribution in [0.5, 0.6) is 0 Å². The number of benzene rings is 2. The summed E-state index contributed by atoms with van der Waals surface area (Å²) in [4.78, 5) is 0. The molecule has 3 heteroatoms. The Morgan fingerprint density at radius 2 is 1.84 bits per heavy atom. The molecule has 2 N–H and O–H groups in total. The van der Waals surface area contributed by atoms with E-state index in [4.69, 9.17) is 0 Å². The summed E-state index contributed by atoms with van der Waals surface area (Å²) < 4.78 is 13.6. The number of allylic oxidation sites excluding steroid dienone is 1. The first kappa shape index (κ1) is 17.3. The van der Waals surface area contributed by atoms with Crippen molar-refractivity contribution in [3.63, 3.8) is 0 Å². The summed E-state index contributed by atoms with van der Waals surface area (Å²) in [5.41, 5.74) is 5.72. The lowest BCUT2D eigenvalue weighted by atomic mass is 9.92. The van der Waals surface area contributed by atoms with Gasteiger partial charge in [-0.25, -0.2) is 4.39 Å². The van der Waals surface area contributed by atoms with E-state index in [1.807, 2.05) is 36.4 Å². The van der Waals surface area contributed by atoms with Gasteiger partial charge in [0.15, 0.2) is 0 Å². The van der Waals surface area contributed by atoms with Crippen LogP contribution in [0.25, 0.3) is 5.57 Å². The van der Waals surface area contributed by atoms with Crippen LogP contribution in [0.4, 0.5) is 10.1 Å².